The van der Waals surface area contributed by atoms with Gasteiger partial charge >= 0.3 is 0 Å². The summed E-state index contributed by atoms with van der Waals surface area (Å²) >= 11 is 0. The van der Waals surface area contributed by atoms with Gasteiger partial charge in [0, 0.05) is 18.8 Å². The van der Waals surface area contributed by atoms with Crippen LogP contribution >= 0.6 is 0 Å². The van der Waals surface area contributed by atoms with Crippen molar-refractivity contribution in [3.05, 3.63) is 35.9 Å². The Hall–Kier alpha value is -0.933. The number of rotatable bonds is 6. The zero-order chi connectivity index (χ0) is 19.3. The number of Topliss-reactive ketones (excluding diaryl/α,β-unsaturated/α-hetero) is 1. The molecule has 0 unspecified atom stereocenters. The van der Waals surface area contributed by atoms with Gasteiger partial charge in [0.05, 0.1) is 6.10 Å². The molecule has 0 spiro atoms. The molecule has 1 aliphatic carbocycles. The summed E-state index contributed by atoms with van der Waals surface area (Å²) in [6.45, 7) is 14.0. The van der Waals surface area contributed by atoms with E-state index < -0.39 is 8.32 Å². The Bertz CT molecular complexity index is 543. The average molecular weight is 375 g/mol. The Labute approximate surface area is 161 Å². The van der Waals surface area contributed by atoms with E-state index in [1.165, 1.54) is 5.56 Å². The highest BCUT2D eigenvalue weighted by Crippen LogP contribution is 2.46. The second kappa shape index (κ2) is 9.32. The third-order valence-electron chi connectivity index (χ3n) is 6.39. The lowest BCUT2D eigenvalue weighted by Crippen LogP contribution is -2.51. The molecular weight excluding hydrogens is 336 g/mol. The summed E-state index contributed by atoms with van der Waals surface area (Å²) < 4.78 is 7.15. The lowest BCUT2D eigenvalue weighted by atomic mass is 9.83. The first-order chi connectivity index (χ1) is 12.3. The lowest BCUT2D eigenvalue weighted by Gasteiger charge is -2.46. The van der Waals surface area contributed by atoms with Crippen LogP contribution in [0.3, 0.4) is 0 Å². The molecule has 0 aromatic heterocycles. The van der Waals surface area contributed by atoms with Crippen molar-refractivity contribution in [3.8, 4) is 0 Å². The average Bonchev–Trinajstić information content (AvgIpc) is 2.56. The fraction of sp³-hybridized carbons (Fsp3) is 0.696. The van der Waals surface area contributed by atoms with E-state index in [0.29, 0.717) is 34.7 Å². The maximum atomic E-state index is 12.6. The first-order valence-electron chi connectivity index (χ1n) is 10.5. The first-order valence-corrected chi connectivity index (χ1v) is 12.7. The molecule has 1 aromatic rings. The molecule has 0 N–H and O–H groups in total. The van der Waals surface area contributed by atoms with Crippen molar-refractivity contribution in [2.24, 2.45) is 0 Å². The van der Waals surface area contributed by atoms with Crippen LogP contribution < -0.4 is 0 Å². The number of carbonyl (C=O) groups is 1. The molecule has 26 heavy (non-hydrogen) atoms. The fourth-order valence-electron chi connectivity index (χ4n) is 5.22. The van der Waals surface area contributed by atoms with Gasteiger partial charge in [-0.15, -0.1) is 0 Å². The quantitative estimate of drug-likeness (QED) is 0.508. The summed E-state index contributed by atoms with van der Waals surface area (Å²) in [6, 6.07) is 10.7. The van der Waals surface area contributed by atoms with Crippen LogP contribution in [0.4, 0.5) is 0 Å². The van der Waals surface area contributed by atoms with Crippen LogP contribution in [-0.4, -0.2) is 20.2 Å². The summed E-state index contributed by atoms with van der Waals surface area (Å²) in [7, 11) is -2.01. The molecule has 2 atom stereocenters. The summed E-state index contributed by atoms with van der Waals surface area (Å²) in [5.41, 5.74) is 2.96. The highest BCUT2D eigenvalue weighted by molar-refractivity contribution is 6.77. The molecule has 2 nitrogen and oxygen atoms in total. The Kier molecular flexibility index (Phi) is 7.66. The van der Waals surface area contributed by atoms with Gasteiger partial charge in [-0.2, -0.15) is 0 Å². The largest absolute Gasteiger partial charge is 0.412 e. The lowest BCUT2D eigenvalue weighted by molar-refractivity contribution is -0.121. The van der Waals surface area contributed by atoms with E-state index in [9.17, 15) is 4.79 Å². The molecule has 1 aliphatic rings. The van der Waals surface area contributed by atoms with Gasteiger partial charge < -0.3 is 4.43 Å². The second-order valence-electron chi connectivity index (χ2n) is 8.98. The smallest absolute Gasteiger partial charge is 0.200 e. The number of benzene rings is 1. The Morgan fingerprint density at radius 3 is 2.04 bits per heavy atom. The minimum absolute atomic E-state index is 0.0315. The van der Waals surface area contributed by atoms with Crippen LogP contribution in [0.15, 0.2) is 30.3 Å². The van der Waals surface area contributed by atoms with Gasteiger partial charge in [-0.25, -0.2) is 0 Å². The van der Waals surface area contributed by atoms with Gasteiger partial charge in [0.2, 0.25) is 8.32 Å². The summed E-state index contributed by atoms with van der Waals surface area (Å²) in [5.74, 6) is 0.721. The van der Waals surface area contributed by atoms with Gasteiger partial charge in [0.15, 0.2) is 0 Å². The van der Waals surface area contributed by atoms with Crippen LogP contribution in [-0.2, 0) is 9.22 Å². The monoisotopic (exact) mass is 374 g/mol. The van der Waals surface area contributed by atoms with Gasteiger partial charge in [-0.05, 0) is 35.0 Å². The van der Waals surface area contributed by atoms with Crippen molar-refractivity contribution in [1.29, 1.82) is 0 Å². The predicted octanol–water partition coefficient (Wildman–Crippen LogP) is 6.86. The van der Waals surface area contributed by atoms with E-state index in [2.05, 4.69) is 71.9 Å². The predicted molar refractivity (Wildman–Crippen MR) is 113 cm³/mol. The second-order valence-corrected chi connectivity index (χ2v) is 14.4. The molecule has 0 bridgehead atoms. The molecule has 1 fully saturated rings. The Balaban J connectivity index is 2.42. The molecule has 0 amide bonds. The first kappa shape index (κ1) is 21.4. The molecule has 0 heterocycles. The van der Waals surface area contributed by atoms with Crippen LogP contribution in [0.1, 0.15) is 85.1 Å². The van der Waals surface area contributed by atoms with Gasteiger partial charge in [-0.1, -0.05) is 78.3 Å². The van der Waals surface area contributed by atoms with Crippen LogP contribution in [0.5, 0.6) is 0 Å². The van der Waals surface area contributed by atoms with E-state index in [1.54, 1.807) is 0 Å². The van der Waals surface area contributed by atoms with Crippen molar-refractivity contribution in [2.75, 3.05) is 0 Å². The minimum Gasteiger partial charge on any atom is -0.412 e. The number of hydrogen-bond acceptors (Lipinski definition) is 2. The van der Waals surface area contributed by atoms with Crippen molar-refractivity contribution < 1.29 is 9.22 Å². The molecular formula is C23H38O2Si. The van der Waals surface area contributed by atoms with Crippen LogP contribution in [0, 0.1) is 0 Å². The van der Waals surface area contributed by atoms with E-state index in [4.69, 9.17) is 4.43 Å². The SMILES string of the molecule is CC(C)[Si](O[C@H]1CC(=O)CCCC[C@H]1c1ccccc1)(C(C)C)C(C)C. The molecule has 146 valence electrons. The molecule has 1 aromatic carbocycles. The summed E-state index contributed by atoms with van der Waals surface area (Å²) in [6.07, 6.45) is 4.60. The maximum absolute atomic E-state index is 12.6. The minimum atomic E-state index is -2.01. The molecule has 0 saturated heterocycles. The Morgan fingerprint density at radius 2 is 1.50 bits per heavy atom. The third-order valence-corrected chi connectivity index (χ3v) is 12.5. The summed E-state index contributed by atoms with van der Waals surface area (Å²) in [4.78, 5) is 12.6. The zero-order valence-corrected chi connectivity index (χ0v) is 18.6. The molecule has 1 saturated carbocycles. The van der Waals surface area contributed by atoms with Crippen LogP contribution in [0.2, 0.25) is 16.6 Å². The topological polar surface area (TPSA) is 26.3 Å². The number of hydrogen-bond donors (Lipinski definition) is 0. The fourth-order valence-corrected chi connectivity index (χ4v) is 10.8. The molecule has 3 heteroatoms. The third kappa shape index (κ3) is 4.67. The Morgan fingerprint density at radius 1 is 0.923 bits per heavy atom. The number of carbonyl (C=O) groups excluding carboxylic acids is 1. The highest BCUT2D eigenvalue weighted by Gasteiger charge is 2.48. The maximum Gasteiger partial charge on any atom is 0.200 e. The van der Waals surface area contributed by atoms with Crippen molar-refractivity contribution in [3.63, 3.8) is 0 Å². The summed E-state index contributed by atoms with van der Waals surface area (Å²) in [5, 5.41) is 0. The molecule has 2 rings (SSSR count). The van der Waals surface area contributed by atoms with Crippen LogP contribution in [0.25, 0.3) is 0 Å². The highest BCUT2D eigenvalue weighted by atomic mass is 28.4. The van der Waals surface area contributed by atoms with Crippen molar-refractivity contribution >= 4 is 14.1 Å². The van der Waals surface area contributed by atoms with Gasteiger partial charge in [-0.3, -0.25) is 4.79 Å². The van der Waals surface area contributed by atoms with E-state index >= 15 is 0 Å². The van der Waals surface area contributed by atoms with Crippen molar-refractivity contribution in [2.45, 2.75) is 102 Å². The molecule has 0 aliphatic heterocycles. The zero-order valence-electron chi connectivity index (χ0n) is 17.6. The normalized spacial score (nSPS) is 22.7. The van der Waals surface area contributed by atoms with E-state index in [0.717, 1.165) is 25.7 Å². The standard InChI is InChI=1S/C23H38O2Si/c1-17(2)26(18(3)4,19(5)6)25-23-16-21(24)14-10-11-15-22(23)20-12-8-7-9-13-20/h7-9,12-13,17-19,22-23H,10-11,14-16H2,1-6H3/t22-,23-/m0/s1. The van der Waals surface area contributed by atoms with Crippen molar-refractivity contribution in [1.82, 2.24) is 0 Å². The number of ketones is 1. The van der Waals surface area contributed by atoms with Gasteiger partial charge in [0.1, 0.15) is 5.78 Å². The van der Waals surface area contributed by atoms with Gasteiger partial charge in [0.25, 0.3) is 0 Å². The molecule has 0 radical (unpaired) electrons. The van der Waals surface area contributed by atoms with E-state index in [1.807, 2.05) is 0 Å². The van der Waals surface area contributed by atoms with E-state index in [-0.39, 0.29) is 6.10 Å².